The first-order valence-electron chi connectivity index (χ1n) is 12.5. The first-order chi connectivity index (χ1) is 19.0. The summed E-state index contributed by atoms with van der Waals surface area (Å²) >= 11 is 9.25. The van der Waals surface area contributed by atoms with Crippen molar-refractivity contribution in [3.8, 4) is 17.1 Å². The first-order valence-corrected chi connectivity index (χ1v) is 16.6. The topological polar surface area (TPSA) is 79.8 Å². The molecule has 0 saturated heterocycles. The van der Waals surface area contributed by atoms with E-state index in [-0.39, 0.29) is 28.6 Å². The van der Waals surface area contributed by atoms with Crippen molar-refractivity contribution >= 4 is 35.8 Å². The fraction of sp³-hybridized carbons (Fsp3) is 0.385. The van der Waals surface area contributed by atoms with Crippen molar-refractivity contribution in [2.75, 3.05) is 0 Å². The zero-order chi connectivity index (χ0) is 30.3. The minimum absolute atomic E-state index is 0.00708. The molecule has 1 atom stereocenters. The van der Waals surface area contributed by atoms with Crippen LogP contribution in [0, 0.1) is 5.82 Å². The molecule has 0 amide bonds. The highest BCUT2D eigenvalue weighted by molar-refractivity contribution is 9.10. The number of nitrogens with zero attached hydrogens (tertiary/aromatic N) is 6. The Bertz CT molecular complexity index is 1600. The molecule has 4 aromatic rings. The molecule has 0 aliphatic carbocycles. The molecule has 2 heterocycles. The Hall–Kier alpha value is -2.81. The molecular formula is C26H28BrClF4N6O2Si. The van der Waals surface area contributed by atoms with Gasteiger partial charge in [-0.1, -0.05) is 44.5 Å². The lowest BCUT2D eigenvalue weighted by atomic mass is 10.2. The zero-order valence-electron chi connectivity index (χ0n) is 22.9. The van der Waals surface area contributed by atoms with Crippen LogP contribution in [0.5, 0.6) is 0 Å². The molecule has 2 aromatic carbocycles. The number of alkyl halides is 3. The Morgan fingerprint density at radius 1 is 1.05 bits per heavy atom. The summed E-state index contributed by atoms with van der Waals surface area (Å²) in [5.41, 5.74) is -0.320. The van der Waals surface area contributed by atoms with Crippen LogP contribution in [0.2, 0.25) is 23.2 Å². The van der Waals surface area contributed by atoms with Gasteiger partial charge in [0.25, 0.3) is 0 Å². The van der Waals surface area contributed by atoms with E-state index in [4.69, 9.17) is 16.0 Å². The number of hydrogen-bond donors (Lipinski definition) is 0. The molecule has 220 valence electrons. The van der Waals surface area contributed by atoms with Crippen LogP contribution in [0.3, 0.4) is 0 Å². The molecule has 0 saturated carbocycles. The molecular weight excluding hydrogens is 648 g/mol. The Balaban J connectivity index is 1.77. The van der Waals surface area contributed by atoms with E-state index < -0.39 is 43.7 Å². The van der Waals surface area contributed by atoms with Crippen molar-refractivity contribution in [3.63, 3.8) is 0 Å². The normalized spacial score (nSPS) is 13.5. The summed E-state index contributed by atoms with van der Waals surface area (Å²) < 4.78 is 66.4. The number of halogens is 6. The van der Waals surface area contributed by atoms with Gasteiger partial charge in [0, 0.05) is 10.6 Å². The summed E-state index contributed by atoms with van der Waals surface area (Å²) in [6, 6.07) is 12.1. The van der Waals surface area contributed by atoms with E-state index in [2.05, 4.69) is 31.1 Å². The van der Waals surface area contributed by atoms with Crippen molar-refractivity contribution < 1.29 is 22.0 Å². The lowest BCUT2D eigenvalue weighted by molar-refractivity contribution is -0.202. The molecule has 41 heavy (non-hydrogen) atoms. The van der Waals surface area contributed by atoms with E-state index in [1.807, 2.05) is 20.8 Å². The van der Waals surface area contributed by atoms with Crippen molar-refractivity contribution in [2.24, 2.45) is 0 Å². The van der Waals surface area contributed by atoms with Crippen molar-refractivity contribution in [1.29, 1.82) is 0 Å². The van der Waals surface area contributed by atoms with Gasteiger partial charge in [-0.15, -0.1) is 10.2 Å². The number of aromatic nitrogens is 6. The number of hydrogen-bond acceptors (Lipinski definition) is 5. The minimum Gasteiger partial charge on any atom is -0.404 e. The average Bonchev–Trinajstić information content (AvgIpc) is 3.37. The van der Waals surface area contributed by atoms with Gasteiger partial charge < -0.3 is 4.43 Å². The highest BCUT2D eigenvalue weighted by Gasteiger charge is 2.48. The third-order valence-corrected chi connectivity index (χ3v) is 12.2. The first kappa shape index (κ1) is 31.1. The predicted octanol–water partition coefficient (Wildman–Crippen LogP) is 6.85. The summed E-state index contributed by atoms with van der Waals surface area (Å²) in [7, 11) is -2.89. The Morgan fingerprint density at radius 3 is 2.27 bits per heavy atom. The maximum atomic E-state index is 14.3. The van der Waals surface area contributed by atoms with Crippen molar-refractivity contribution in [2.45, 2.75) is 64.3 Å². The lowest BCUT2D eigenvalue weighted by Crippen LogP contribution is -2.50. The summed E-state index contributed by atoms with van der Waals surface area (Å²) in [4.78, 5) is 17.8. The maximum absolute atomic E-state index is 14.3. The van der Waals surface area contributed by atoms with E-state index in [0.29, 0.717) is 10.6 Å². The maximum Gasteiger partial charge on any atom is 0.415 e. The minimum atomic E-state index is -4.75. The molecule has 0 unspecified atom stereocenters. The van der Waals surface area contributed by atoms with Gasteiger partial charge in [0.2, 0.25) is 0 Å². The quantitative estimate of drug-likeness (QED) is 0.151. The Labute approximate surface area is 248 Å². The van der Waals surface area contributed by atoms with Crippen LogP contribution in [-0.2, 0) is 17.5 Å². The molecule has 4 rings (SSSR count). The summed E-state index contributed by atoms with van der Waals surface area (Å²) in [5, 5.41) is 8.53. The second-order valence-corrected chi connectivity index (χ2v) is 16.9. The Kier molecular flexibility index (Phi) is 8.70. The van der Waals surface area contributed by atoms with Crippen LogP contribution in [0.4, 0.5) is 17.6 Å². The van der Waals surface area contributed by atoms with Gasteiger partial charge >= 0.3 is 11.9 Å². The van der Waals surface area contributed by atoms with Gasteiger partial charge in [-0.05, 0) is 70.5 Å². The van der Waals surface area contributed by atoms with Crippen LogP contribution in [0.15, 0.2) is 58.1 Å². The van der Waals surface area contributed by atoms with Crippen LogP contribution in [-0.4, -0.2) is 49.7 Å². The van der Waals surface area contributed by atoms with E-state index in [0.717, 1.165) is 9.25 Å². The molecule has 0 radical (unpaired) electrons. The van der Waals surface area contributed by atoms with Crippen LogP contribution < -0.4 is 5.69 Å². The number of rotatable bonds is 8. The smallest absolute Gasteiger partial charge is 0.404 e. The van der Waals surface area contributed by atoms with Gasteiger partial charge in [0.05, 0.1) is 6.54 Å². The molecule has 0 spiro atoms. The van der Waals surface area contributed by atoms with Crippen molar-refractivity contribution in [3.05, 3.63) is 80.4 Å². The molecule has 0 aliphatic heterocycles. The zero-order valence-corrected chi connectivity index (χ0v) is 26.2. The lowest BCUT2D eigenvalue weighted by Gasteiger charge is -2.39. The monoisotopic (exact) mass is 674 g/mol. The average molecular weight is 676 g/mol. The largest absolute Gasteiger partial charge is 0.415 e. The molecule has 8 nitrogen and oxygen atoms in total. The molecule has 0 fully saturated rings. The van der Waals surface area contributed by atoms with Gasteiger partial charge in [-0.3, -0.25) is 4.57 Å². The molecule has 0 aliphatic rings. The van der Waals surface area contributed by atoms with Crippen LogP contribution in [0.1, 0.15) is 26.6 Å². The van der Waals surface area contributed by atoms with Gasteiger partial charge in [-0.2, -0.15) is 13.2 Å². The highest BCUT2D eigenvalue weighted by Crippen LogP contribution is 2.40. The molecule has 0 bridgehead atoms. The summed E-state index contributed by atoms with van der Waals surface area (Å²) in [6.07, 6.45) is -7.00. The standard InChI is InChI=1S/C26H28BrClF4N6O2Si/c1-25(2,3)41(4,5)40-20(26(30,31)32)14-36-22(16-10-12-17(28)13-11-16)35-37(24(36)39)15-21-33-23(27)38(34-21)19-9-7-6-8-18(19)29/h6-13,20H,14-15H2,1-5H3/t20-/m0/s1. The van der Waals surface area contributed by atoms with Gasteiger partial charge in [-0.25, -0.2) is 23.5 Å². The Morgan fingerprint density at radius 2 is 1.68 bits per heavy atom. The van der Waals surface area contributed by atoms with Crippen LogP contribution >= 0.6 is 27.5 Å². The van der Waals surface area contributed by atoms with E-state index in [9.17, 15) is 22.4 Å². The second-order valence-electron chi connectivity index (χ2n) is 11.0. The highest BCUT2D eigenvalue weighted by atomic mass is 79.9. The summed E-state index contributed by atoms with van der Waals surface area (Å²) in [6.45, 7) is 7.84. The van der Waals surface area contributed by atoms with Gasteiger partial charge in [0.1, 0.15) is 18.0 Å². The van der Waals surface area contributed by atoms with E-state index >= 15 is 0 Å². The SMILES string of the molecule is CC(C)(C)[Si](C)(C)O[C@@H](Cn1c(-c2ccc(Cl)cc2)nn(Cc2nc(Br)n(-c3ccccc3F)n2)c1=O)C(F)(F)F. The number of para-hydroxylation sites is 1. The molecule has 15 heteroatoms. The van der Waals surface area contributed by atoms with Gasteiger partial charge in [0.15, 0.2) is 30.8 Å². The second kappa shape index (κ2) is 11.5. The summed E-state index contributed by atoms with van der Waals surface area (Å²) in [5.74, 6) is -0.470. The molecule has 0 N–H and O–H groups in total. The molecule has 2 aromatic heterocycles. The number of benzene rings is 2. The van der Waals surface area contributed by atoms with Crippen molar-refractivity contribution in [1.82, 2.24) is 29.1 Å². The predicted molar refractivity (Wildman–Crippen MR) is 153 cm³/mol. The third-order valence-electron chi connectivity index (χ3n) is 6.97. The fourth-order valence-electron chi connectivity index (χ4n) is 3.74. The third kappa shape index (κ3) is 6.82. The fourth-order valence-corrected chi connectivity index (χ4v) is 5.61. The van der Waals surface area contributed by atoms with Crippen LogP contribution in [0.25, 0.3) is 17.1 Å². The van der Waals surface area contributed by atoms with E-state index in [1.54, 1.807) is 43.4 Å². The van der Waals surface area contributed by atoms with E-state index in [1.165, 1.54) is 22.9 Å².